The van der Waals surface area contributed by atoms with Crippen LogP contribution in [0, 0.1) is 6.92 Å². The number of thioether (sulfide) groups is 1. The molecule has 0 spiro atoms. The lowest BCUT2D eigenvalue weighted by molar-refractivity contribution is -0.113. The van der Waals surface area contributed by atoms with Crippen LogP contribution in [0.25, 0.3) is 0 Å². The highest BCUT2D eigenvalue weighted by atomic mass is 32.2. The van der Waals surface area contributed by atoms with Crippen molar-refractivity contribution < 1.29 is 9.59 Å². The second-order valence-electron chi connectivity index (χ2n) is 4.76. The predicted octanol–water partition coefficient (Wildman–Crippen LogP) is 3.09. The van der Waals surface area contributed by atoms with E-state index in [4.69, 9.17) is 0 Å². The van der Waals surface area contributed by atoms with E-state index in [-0.39, 0.29) is 11.8 Å². The topological polar surface area (TPSA) is 58.2 Å². The molecule has 0 fully saturated rings. The van der Waals surface area contributed by atoms with Crippen molar-refractivity contribution in [1.82, 2.24) is 5.32 Å². The summed E-state index contributed by atoms with van der Waals surface area (Å²) in [5.41, 5.74) is 2.41. The minimum absolute atomic E-state index is 0.0686. The fraction of sp³-hybridized carbons (Fsp3) is 0.176. The van der Waals surface area contributed by atoms with E-state index in [9.17, 15) is 9.59 Å². The van der Waals surface area contributed by atoms with Gasteiger partial charge in [-0.2, -0.15) is 0 Å². The number of anilines is 1. The quantitative estimate of drug-likeness (QED) is 0.834. The molecule has 0 aliphatic heterocycles. The molecule has 4 nitrogen and oxygen atoms in total. The molecule has 0 atom stereocenters. The average molecular weight is 314 g/mol. The van der Waals surface area contributed by atoms with Crippen LogP contribution in [0.2, 0.25) is 0 Å². The molecule has 2 amide bonds. The van der Waals surface area contributed by atoms with E-state index < -0.39 is 0 Å². The van der Waals surface area contributed by atoms with Gasteiger partial charge in [-0.1, -0.05) is 18.2 Å². The number of aryl methyl sites for hydroxylation is 1. The van der Waals surface area contributed by atoms with E-state index in [2.05, 4.69) is 10.6 Å². The van der Waals surface area contributed by atoms with Crippen molar-refractivity contribution in [2.45, 2.75) is 11.8 Å². The normalized spacial score (nSPS) is 10.1. The van der Waals surface area contributed by atoms with E-state index in [1.807, 2.05) is 31.2 Å². The van der Waals surface area contributed by atoms with Crippen LogP contribution >= 0.6 is 11.8 Å². The van der Waals surface area contributed by atoms with Gasteiger partial charge in [-0.05, 0) is 42.8 Å². The van der Waals surface area contributed by atoms with Gasteiger partial charge in [0.15, 0.2) is 0 Å². The van der Waals surface area contributed by atoms with E-state index in [1.54, 1.807) is 31.3 Å². The van der Waals surface area contributed by atoms with Crippen molar-refractivity contribution in [3.8, 4) is 0 Å². The Morgan fingerprint density at radius 3 is 2.36 bits per heavy atom. The Morgan fingerprint density at radius 2 is 1.73 bits per heavy atom. The lowest BCUT2D eigenvalue weighted by atomic mass is 10.2. The summed E-state index contributed by atoms with van der Waals surface area (Å²) in [5, 5.41) is 5.38. The first-order valence-corrected chi connectivity index (χ1v) is 7.89. The average Bonchev–Trinajstić information content (AvgIpc) is 2.54. The van der Waals surface area contributed by atoms with Gasteiger partial charge < -0.3 is 10.6 Å². The SMILES string of the molecule is CNC(=O)c1ccc(NC(=O)CSc2ccccc2C)cc1. The molecule has 5 heteroatoms. The first-order chi connectivity index (χ1) is 10.6. The maximum absolute atomic E-state index is 12.0. The van der Waals surface area contributed by atoms with Gasteiger partial charge in [0, 0.05) is 23.2 Å². The Bertz CT molecular complexity index is 669. The third-order valence-electron chi connectivity index (χ3n) is 3.11. The summed E-state index contributed by atoms with van der Waals surface area (Å²) in [5.74, 6) is 0.135. The molecule has 0 aromatic heterocycles. The molecule has 0 bridgehead atoms. The van der Waals surface area contributed by atoms with Gasteiger partial charge in [0.2, 0.25) is 5.91 Å². The molecular weight excluding hydrogens is 296 g/mol. The summed E-state index contributed by atoms with van der Waals surface area (Å²) in [4.78, 5) is 24.5. The Kier molecular flexibility index (Phi) is 5.61. The van der Waals surface area contributed by atoms with Gasteiger partial charge in [-0.25, -0.2) is 0 Å². The van der Waals surface area contributed by atoms with Crippen LogP contribution in [0.4, 0.5) is 5.69 Å². The van der Waals surface area contributed by atoms with E-state index in [1.165, 1.54) is 11.8 Å². The zero-order valence-electron chi connectivity index (χ0n) is 12.6. The fourth-order valence-corrected chi connectivity index (χ4v) is 2.74. The standard InChI is InChI=1S/C17H18N2O2S/c1-12-5-3-4-6-15(12)22-11-16(20)19-14-9-7-13(8-10-14)17(21)18-2/h3-10H,11H2,1-2H3,(H,18,21)(H,19,20). The Balaban J connectivity index is 1.89. The second kappa shape index (κ2) is 7.66. The summed E-state index contributed by atoms with van der Waals surface area (Å²) in [7, 11) is 1.58. The van der Waals surface area contributed by atoms with E-state index >= 15 is 0 Å². The van der Waals surface area contributed by atoms with Gasteiger partial charge in [-0.3, -0.25) is 9.59 Å². The molecule has 0 saturated heterocycles. The van der Waals surface area contributed by atoms with Crippen LogP contribution < -0.4 is 10.6 Å². The molecule has 2 rings (SSSR count). The number of carbonyl (C=O) groups is 2. The van der Waals surface area contributed by atoms with Gasteiger partial charge in [0.25, 0.3) is 5.91 Å². The molecule has 22 heavy (non-hydrogen) atoms. The number of rotatable bonds is 5. The zero-order valence-corrected chi connectivity index (χ0v) is 13.4. The van der Waals surface area contributed by atoms with Crippen molar-refractivity contribution in [2.75, 3.05) is 18.1 Å². The second-order valence-corrected chi connectivity index (χ2v) is 5.78. The molecule has 0 aliphatic rings. The summed E-state index contributed by atoms with van der Waals surface area (Å²) in [6, 6.07) is 14.8. The van der Waals surface area contributed by atoms with Crippen LogP contribution in [0.15, 0.2) is 53.4 Å². The Morgan fingerprint density at radius 1 is 1.05 bits per heavy atom. The molecular formula is C17H18N2O2S. The highest BCUT2D eigenvalue weighted by Gasteiger charge is 2.06. The van der Waals surface area contributed by atoms with Crippen LogP contribution in [0.1, 0.15) is 15.9 Å². The van der Waals surface area contributed by atoms with Gasteiger partial charge >= 0.3 is 0 Å². The van der Waals surface area contributed by atoms with Crippen LogP contribution in [-0.2, 0) is 4.79 Å². The Labute approximate surface area is 134 Å². The molecule has 2 aromatic rings. The van der Waals surface area contributed by atoms with Crippen molar-refractivity contribution in [3.63, 3.8) is 0 Å². The molecule has 2 aromatic carbocycles. The molecule has 0 heterocycles. The first kappa shape index (κ1) is 16.1. The monoisotopic (exact) mass is 314 g/mol. The Hall–Kier alpha value is -2.27. The number of carbonyl (C=O) groups excluding carboxylic acids is 2. The smallest absolute Gasteiger partial charge is 0.251 e. The van der Waals surface area contributed by atoms with E-state index in [0.29, 0.717) is 17.0 Å². The third kappa shape index (κ3) is 4.36. The van der Waals surface area contributed by atoms with Gasteiger partial charge in [-0.15, -0.1) is 11.8 Å². The number of hydrogen-bond donors (Lipinski definition) is 2. The summed E-state index contributed by atoms with van der Waals surface area (Å²) < 4.78 is 0. The lowest BCUT2D eigenvalue weighted by Gasteiger charge is -2.07. The summed E-state index contributed by atoms with van der Waals surface area (Å²) in [6.45, 7) is 2.03. The number of nitrogens with one attached hydrogen (secondary N) is 2. The van der Waals surface area contributed by atoms with Gasteiger partial charge in [0.1, 0.15) is 0 Å². The number of amides is 2. The van der Waals surface area contributed by atoms with Crippen molar-refractivity contribution >= 4 is 29.3 Å². The first-order valence-electron chi connectivity index (χ1n) is 6.90. The number of benzene rings is 2. The van der Waals surface area contributed by atoms with Crippen LogP contribution in [0.5, 0.6) is 0 Å². The van der Waals surface area contributed by atoms with Crippen LogP contribution in [0.3, 0.4) is 0 Å². The van der Waals surface area contributed by atoms with E-state index in [0.717, 1.165) is 10.5 Å². The minimum atomic E-state index is -0.145. The fourth-order valence-electron chi connectivity index (χ4n) is 1.91. The van der Waals surface area contributed by atoms with Crippen molar-refractivity contribution in [2.24, 2.45) is 0 Å². The molecule has 2 N–H and O–H groups in total. The maximum Gasteiger partial charge on any atom is 0.251 e. The molecule has 0 aliphatic carbocycles. The molecule has 0 unspecified atom stereocenters. The summed E-state index contributed by atoms with van der Waals surface area (Å²) in [6.07, 6.45) is 0. The highest BCUT2D eigenvalue weighted by Crippen LogP contribution is 2.22. The van der Waals surface area contributed by atoms with Crippen LogP contribution in [-0.4, -0.2) is 24.6 Å². The number of hydrogen-bond acceptors (Lipinski definition) is 3. The summed E-state index contributed by atoms with van der Waals surface area (Å²) >= 11 is 1.51. The highest BCUT2D eigenvalue weighted by molar-refractivity contribution is 8.00. The molecule has 0 radical (unpaired) electrons. The largest absolute Gasteiger partial charge is 0.355 e. The predicted molar refractivity (Wildman–Crippen MR) is 90.4 cm³/mol. The zero-order chi connectivity index (χ0) is 15.9. The van der Waals surface area contributed by atoms with Crippen molar-refractivity contribution in [3.05, 3.63) is 59.7 Å². The molecule has 114 valence electrons. The maximum atomic E-state index is 12.0. The molecule has 0 saturated carbocycles. The lowest BCUT2D eigenvalue weighted by Crippen LogP contribution is -2.18. The minimum Gasteiger partial charge on any atom is -0.355 e. The third-order valence-corrected chi connectivity index (χ3v) is 4.29. The van der Waals surface area contributed by atoms with Crippen molar-refractivity contribution in [1.29, 1.82) is 0 Å². The van der Waals surface area contributed by atoms with Gasteiger partial charge in [0.05, 0.1) is 5.75 Å².